The minimum atomic E-state index is -0.382. The molecule has 1 aliphatic carbocycles. The Bertz CT molecular complexity index is 7640. The Kier molecular flexibility index (Phi) is 29.2. The number of anilines is 8. The zero-order chi connectivity index (χ0) is 96.6. The lowest BCUT2D eigenvalue weighted by Gasteiger charge is -2.35. The molecule has 19 rings (SSSR count). The number of piperidine rings is 1. The molecule has 0 spiro atoms. The Labute approximate surface area is 798 Å². The van der Waals surface area contributed by atoms with Crippen LogP contribution in [0.1, 0.15) is 122 Å². The number of rotatable bonds is 26. The molecule has 30 heteroatoms. The van der Waals surface area contributed by atoms with Gasteiger partial charge in [-0.15, -0.1) is 0 Å². The fraction of sp³-hybridized carbons (Fsp3) is 0.318. The number of fused-ring (bicyclic) bond motifs is 4. The maximum Gasteiger partial charge on any atom is 0.331 e. The predicted molar refractivity (Wildman–Crippen MR) is 550 cm³/mol. The van der Waals surface area contributed by atoms with Crippen LogP contribution in [0.2, 0.25) is 0 Å². The van der Waals surface area contributed by atoms with Crippen molar-refractivity contribution in [1.82, 2.24) is 79.5 Å². The average molecular weight is 1860 g/mol. The van der Waals surface area contributed by atoms with Crippen LogP contribution in [0.3, 0.4) is 0 Å². The number of likely N-dealkylation sites (tertiary alicyclic amines) is 1. The van der Waals surface area contributed by atoms with E-state index in [0.717, 1.165) is 147 Å². The van der Waals surface area contributed by atoms with Crippen molar-refractivity contribution in [2.75, 3.05) is 34.4 Å². The van der Waals surface area contributed by atoms with Crippen molar-refractivity contribution >= 4 is 102 Å². The summed E-state index contributed by atoms with van der Waals surface area (Å²) in [5.74, 6) is 3.89. The first-order valence-electron chi connectivity index (χ1n) is 47.1. The Morgan fingerprint density at radius 1 is 0.416 bits per heavy atom. The quantitative estimate of drug-likeness (QED) is 0.0367. The molecule has 0 radical (unpaired) electrons. The van der Waals surface area contributed by atoms with E-state index in [-0.39, 0.29) is 63.1 Å². The molecule has 708 valence electrons. The van der Waals surface area contributed by atoms with Gasteiger partial charge in [-0.25, -0.2) is 28.3 Å². The summed E-state index contributed by atoms with van der Waals surface area (Å²) < 4.78 is 36.4. The third-order valence-corrected chi connectivity index (χ3v) is 26.0. The zero-order valence-electron chi connectivity index (χ0n) is 80.0. The summed E-state index contributed by atoms with van der Waals surface area (Å²) in [5, 5.41) is 20.5. The molecule has 4 N–H and O–H groups in total. The van der Waals surface area contributed by atoms with Crippen molar-refractivity contribution in [2.24, 2.45) is 51.9 Å². The highest BCUT2D eigenvalue weighted by atomic mass is 32.1. The number of nitrogens with zero attached hydrogens (tertiary/aromatic N) is 17. The van der Waals surface area contributed by atoms with E-state index in [9.17, 15) is 38.0 Å². The highest BCUT2D eigenvalue weighted by molar-refractivity contribution is 7.71. The van der Waals surface area contributed by atoms with Gasteiger partial charge in [0.2, 0.25) is 0 Å². The second kappa shape index (κ2) is 42.0. The fourth-order valence-electron chi connectivity index (χ4n) is 18.4. The third-order valence-electron chi connectivity index (χ3n) is 25.5. The number of nitrogens with one attached hydrogen (secondary N) is 4. The monoisotopic (exact) mass is 1860 g/mol. The van der Waals surface area contributed by atoms with Crippen molar-refractivity contribution in [3.05, 3.63) is 356 Å². The molecule has 0 unspecified atom stereocenters. The summed E-state index contributed by atoms with van der Waals surface area (Å²) in [7, 11) is 6.39. The second-order valence-electron chi connectivity index (χ2n) is 37.4. The molecular weight excluding hydrogens is 1740 g/mol. The Balaban J connectivity index is 0.000000132. The molecular formula is C107H120FN21O7S. The van der Waals surface area contributed by atoms with Crippen LogP contribution in [0.25, 0.3) is 60.6 Å². The summed E-state index contributed by atoms with van der Waals surface area (Å²) in [6.07, 6.45) is 21.5. The van der Waals surface area contributed by atoms with E-state index in [1.165, 1.54) is 28.3 Å². The van der Waals surface area contributed by atoms with Crippen LogP contribution < -0.4 is 60.7 Å². The van der Waals surface area contributed by atoms with Crippen LogP contribution in [0.15, 0.2) is 283 Å². The molecule has 0 amide bonds. The summed E-state index contributed by atoms with van der Waals surface area (Å²) in [6, 6.07) is 64.6. The lowest BCUT2D eigenvalue weighted by atomic mass is 9.96. The average Bonchev–Trinajstić information content (AvgIpc) is 1.60. The Morgan fingerprint density at radius 3 is 1.28 bits per heavy atom. The summed E-state index contributed by atoms with van der Waals surface area (Å²) in [6.45, 7) is 25.2. The van der Waals surface area contributed by atoms with Gasteiger partial charge in [-0.1, -0.05) is 170 Å². The molecule has 0 atom stereocenters. The SMILES string of the molecule is CC(C)Cn1c(=O)n(C)c(=O)c2c(Nc3ccc(F)cc3)n(Cc3ccc(-n4cccn4)cc3)cc21.CC(C)Cn1c(=O)n(C)c(=O)c2c(Nc3ccccc3)n(CC3CCN(C(C)C)CC3)cc21.CC(C)Cn1c(=O)n(C)c(=S)c2c(Nc3ccccc3)n(Cc3ccc(-c4ccccn4)cc3)cc21.Cc1ccc(Cn2cc3c(c2Nc2ccccc2)c(=O)n(C)c(=O)n3C2CCCC2)cn1. The van der Waals surface area contributed by atoms with E-state index in [1.807, 2.05) is 228 Å². The van der Waals surface area contributed by atoms with Gasteiger partial charge in [0.25, 0.3) is 16.7 Å². The van der Waals surface area contributed by atoms with Crippen LogP contribution in [0, 0.1) is 41.1 Å². The van der Waals surface area contributed by atoms with Gasteiger partial charge in [0.05, 0.1) is 45.4 Å². The zero-order valence-corrected chi connectivity index (χ0v) is 80.8. The number of pyridine rings is 2. The van der Waals surface area contributed by atoms with Crippen molar-refractivity contribution in [1.29, 1.82) is 0 Å². The lowest BCUT2D eigenvalue weighted by Crippen LogP contribution is -2.39. The molecule has 12 heterocycles. The molecule has 17 aromatic rings. The minimum absolute atomic E-state index is 0.0932. The van der Waals surface area contributed by atoms with Crippen LogP contribution in [-0.4, -0.2) is 98.6 Å². The van der Waals surface area contributed by atoms with E-state index < -0.39 is 0 Å². The normalized spacial score (nSPS) is 13.1. The largest absolute Gasteiger partial charge is 0.341 e. The number of aryl methyl sites for hydroxylation is 1. The van der Waals surface area contributed by atoms with Gasteiger partial charge in [-0.2, -0.15) is 5.10 Å². The number of hydrogen-bond donors (Lipinski definition) is 4. The van der Waals surface area contributed by atoms with E-state index >= 15 is 0 Å². The maximum absolute atomic E-state index is 13.5. The number of benzene rings is 6. The molecule has 28 nitrogen and oxygen atoms in total. The molecule has 0 bridgehead atoms. The van der Waals surface area contributed by atoms with Crippen molar-refractivity contribution in [3.8, 4) is 16.9 Å². The standard InChI is InChI=1S/C29H29N5OS.C27H27FN6O2.C26H37N5O2.C25H27N5O2/c1-20(2)17-34-25-19-33(18-21-12-14-22(15-13-21)24-11-7-8-16-30-24)27(31-23-9-5-4-6-10-23)26(25)28(36)32(3)29(34)35;1-18(2)15-33-23-17-32(16-19-5-11-22(12-6-19)34-14-4-13-29-34)25(24(23)26(35)31(3)27(33)36)30-21-9-7-20(28)8-10-21;1-18(2)15-31-22-17-30(16-20-11-13-29(14-12-20)19(3)4)24(27-21-9-7-6-8-10-21)23(22)25(32)28(5)26(31)33;1-17-12-13-18(14-26-17)15-29-16-21-22(23(29)27-19-8-4-3-5-9-19)24(31)28(2)25(32)30(21)20-10-6-7-11-20/h4-16,19-20,31H,17-18H2,1-3H3;4-14,17-18,30H,15-16H2,1-3H3;6-10,17-20,27H,11-16H2,1-5H3;3-5,8-9,12-14,16,20,27H,6-7,10-11,15H2,1-2H3. The molecule has 1 saturated carbocycles. The van der Waals surface area contributed by atoms with Crippen molar-refractivity contribution in [3.63, 3.8) is 0 Å². The molecule has 11 aromatic heterocycles. The molecule has 2 aliphatic rings. The van der Waals surface area contributed by atoms with Crippen LogP contribution in [0.5, 0.6) is 0 Å². The maximum atomic E-state index is 13.5. The first-order chi connectivity index (χ1) is 66.0. The van der Waals surface area contributed by atoms with Crippen LogP contribution >= 0.6 is 12.2 Å². The van der Waals surface area contributed by atoms with Crippen LogP contribution in [-0.2, 0) is 74.0 Å². The minimum Gasteiger partial charge on any atom is -0.341 e. The Morgan fingerprint density at radius 2 is 0.832 bits per heavy atom. The number of para-hydroxylation sites is 3. The summed E-state index contributed by atoms with van der Waals surface area (Å²) in [5.41, 5.74) is 11.5. The highest BCUT2D eigenvalue weighted by Gasteiger charge is 2.30. The van der Waals surface area contributed by atoms with Gasteiger partial charge in [0, 0.05) is 163 Å². The smallest absolute Gasteiger partial charge is 0.331 e. The van der Waals surface area contributed by atoms with Gasteiger partial charge in [0.1, 0.15) is 49.9 Å². The predicted octanol–water partition coefficient (Wildman–Crippen LogP) is 18.8. The van der Waals surface area contributed by atoms with Crippen molar-refractivity contribution < 1.29 is 4.39 Å². The third kappa shape index (κ3) is 21.2. The molecule has 1 aliphatic heterocycles. The van der Waals surface area contributed by atoms with E-state index in [0.29, 0.717) is 106 Å². The topological polar surface area (TPSA) is 274 Å². The fourth-order valence-corrected chi connectivity index (χ4v) is 18.7. The van der Waals surface area contributed by atoms with Gasteiger partial charge in [0.15, 0.2) is 0 Å². The first kappa shape index (κ1) is 95.4. The molecule has 137 heavy (non-hydrogen) atoms. The van der Waals surface area contributed by atoms with E-state index in [4.69, 9.17) is 12.2 Å². The molecule has 6 aromatic carbocycles. The van der Waals surface area contributed by atoms with Crippen LogP contribution in [0.4, 0.5) is 50.4 Å². The number of aromatic nitrogens is 16. The molecule has 1 saturated heterocycles. The van der Waals surface area contributed by atoms with Gasteiger partial charge in [-0.3, -0.25) is 60.9 Å². The summed E-state index contributed by atoms with van der Waals surface area (Å²) in [4.78, 5) is 104. The lowest BCUT2D eigenvalue weighted by molar-refractivity contribution is 0.142. The highest BCUT2D eigenvalue weighted by Crippen LogP contribution is 2.37. The van der Waals surface area contributed by atoms with Gasteiger partial charge >= 0.3 is 22.8 Å². The van der Waals surface area contributed by atoms with Crippen molar-refractivity contribution in [2.45, 2.75) is 159 Å². The Hall–Kier alpha value is -14.8. The van der Waals surface area contributed by atoms with Gasteiger partial charge in [-0.05, 0) is 197 Å². The molecule has 2 fully saturated rings. The van der Waals surface area contributed by atoms with E-state index in [1.54, 1.807) is 64.1 Å². The second-order valence-corrected chi connectivity index (χ2v) is 37.8. The van der Waals surface area contributed by atoms with Gasteiger partial charge < -0.3 is 44.4 Å². The number of hydrogen-bond acceptors (Lipinski definition) is 16. The number of halogens is 1. The summed E-state index contributed by atoms with van der Waals surface area (Å²) >= 11 is 5.80. The first-order valence-corrected chi connectivity index (χ1v) is 47.5. The van der Waals surface area contributed by atoms with E-state index in [2.05, 4.69) is 116 Å².